The van der Waals surface area contributed by atoms with Crippen molar-refractivity contribution in [2.75, 3.05) is 11.9 Å². The zero-order valence-electron chi connectivity index (χ0n) is 13.9. The van der Waals surface area contributed by atoms with Crippen LogP contribution < -0.4 is 5.32 Å². The Bertz CT molecular complexity index is 955. The van der Waals surface area contributed by atoms with E-state index in [1.807, 2.05) is 42.6 Å². The normalized spacial score (nSPS) is 10.4. The maximum absolute atomic E-state index is 12.0. The summed E-state index contributed by atoms with van der Waals surface area (Å²) in [5.74, 6) is -0.959. The highest BCUT2D eigenvalue weighted by molar-refractivity contribution is 9.10. The van der Waals surface area contributed by atoms with Gasteiger partial charge in [-0.25, -0.2) is 9.78 Å². The first kappa shape index (κ1) is 18.3. The molecule has 132 valence electrons. The van der Waals surface area contributed by atoms with Gasteiger partial charge < -0.3 is 4.74 Å². The van der Waals surface area contributed by atoms with Crippen LogP contribution in [-0.4, -0.2) is 23.5 Å². The number of amides is 1. The molecule has 1 aromatic heterocycles. The molecule has 0 aliphatic carbocycles. The number of hydrogen-bond donors (Lipinski definition) is 1. The molecule has 0 unspecified atom stereocenters. The minimum Gasteiger partial charge on any atom is -0.452 e. The minimum atomic E-state index is -0.530. The highest BCUT2D eigenvalue weighted by Gasteiger charge is 2.12. The van der Waals surface area contributed by atoms with Crippen molar-refractivity contribution in [3.63, 3.8) is 0 Å². The first-order valence-corrected chi connectivity index (χ1v) is 9.43. The summed E-state index contributed by atoms with van der Waals surface area (Å²) in [5.41, 5.74) is 3.08. The van der Waals surface area contributed by atoms with Gasteiger partial charge in [-0.3, -0.25) is 10.1 Å². The van der Waals surface area contributed by atoms with Crippen molar-refractivity contribution in [1.82, 2.24) is 4.98 Å². The fourth-order valence-corrected chi connectivity index (χ4v) is 3.39. The molecule has 7 heteroatoms. The lowest BCUT2D eigenvalue weighted by molar-refractivity contribution is -0.119. The summed E-state index contributed by atoms with van der Waals surface area (Å²) < 4.78 is 6.00. The van der Waals surface area contributed by atoms with Gasteiger partial charge in [-0.05, 0) is 31.2 Å². The molecule has 3 aromatic rings. The Labute approximate surface area is 163 Å². The highest BCUT2D eigenvalue weighted by atomic mass is 79.9. The van der Waals surface area contributed by atoms with E-state index < -0.39 is 11.9 Å². The van der Waals surface area contributed by atoms with Gasteiger partial charge in [0.15, 0.2) is 11.7 Å². The fourth-order valence-electron chi connectivity index (χ4n) is 2.25. The lowest BCUT2D eigenvalue weighted by atomic mass is 10.1. The zero-order chi connectivity index (χ0) is 18.5. The van der Waals surface area contributed by atoms with Crippen molar-refractivity contribution >= 4 is 44.3 Å². The largest absolute Gasteiger partial charge is 0.452 e. The van der Waals surface area contributed by atoms with E-state index in [1.165, 1.54) is 11.3 Å². The molecule has 1 N–H and O–H groups in total. The number of nitrogens with one attached hydrogen (secondary N) is 1. The van der Waals surface area contributed by atoms with Crippen molar-refractivity contribution in [3.05, 3.63) is 69.5 Å². The second-order valence-corrected chi connectivity index (χ2v) is 7.32. The van der Waals surface area contributed by atoms with Gasteiger partial charge in [-0.15, -0.1) is 11.3 Å². The maximum atomic E-state index is 12.0. The highest BCUT2D eigenvalue weighted by Crippen LogP contribution is 2.26. The fraction of sp³-hybridized carbons (Fsp3) is 0.105. The van der Waals surface area contributed by atoms with Crippen LogP contribution in [0.5, 0.6) is 0 Å². The SMILES string of the molecule is Cc1cccc(C(=O)OCC(=O)Nc2nc(-c3cccc(Br)c3)cs2)c1. The van der Waals surface area contributed by atoms with E-state index in [9.17, 15) is 9.59 Å². The number of nitrogens with zero attached hydrogens (tertiary/aromatic N) is 1. The minimum absolute atomic E-state index is 0.363. The van der Waals surface area contributed by atoms with E-state index >= 15 is 0 Å². The summed E-state index contributed by atoms with van der Waals surface area (Å²) in [6, 6.07) is 14.8. The van der Waals surface area contributed by atoms with Gasteiger partial charge in [0, 0.05) is 15.4 Å². The van der Waals surface area contributed by atoms with Crippen molar-refractivity contribution in [2.24, 2.45) is 0 Å². The van der Waals surface area contributed by atoms with E-state index in [2.05, 4.69) is 26.2 Å². The number of rotatable bonds is 5. The molecule has 0 spiro atoms. The summed E-state index contributed by atoms with van der Waals surface area (Å²) in [6.07, 6.45) is 0. The summed E-state index contributed by atoms with van der Waals surface area (Å²) in [4.78, 5) is 28.3. The van der Waals surface area contributed by atoms with Crippen molar-refractivity contribution in [1.29, 1.82) is 0 Å². The van der Waals surface area contributed by atoms with Crippen LogP contribution in [0.2, 0.25) is 0 Å². The molecule has 2 aromatic carbocycles. The second kappa shape index (κ2) is 8.25. The molecular weight excluding hydrogens is 416 g/mol. The van der Waals surface area contributed by atoms with Crippen LogP contribution in [0.15, 0.2) is 58.4 Å². The Hall–Kier alpha value is -2.51. The number of hydrogen-bond acceptors (Lipinski definition) is 5. The predicted molar refractivity (Wildman–Crippen MR) is 105 cm³/mol. The Kier molecular flexibility index (Phi) is 5.80. The summed E-state index contributed by atoms with van der Waals surface area (Å²) in [6.45, 7) is 1.52. The number of aryl methyl sites for hydroxylation is 1. The first-order valence-electron chi connectivity index (χ1n) is 7.76. The average Bonchev–Trinajstić information content (AvgIpc) is 3.08. The Morgan fingerprint density at radius 2 is 2.00 bits per heavy atom. The van der Waals surface area contributed by atoms with Crippen LogP contribution in [0.4, 0.5) is 5.13 Å². The number of benzene rings is 2. The lowest BCUT2D eigenvalue weighted by Gasteiger charge is -2.05. The van der Waals surface area contributed by atoms with Crippen LogP contribution in [-0.2, 0) is 9.53 Å². The Morgan fingerprint density at radius 1 is 1.19 bits per heavy atom. The molecule has 26 heavy (non-hydrogen) atoms. The summed E-state index contributed by atoms with van der Waals surface area (Å²) >= 11 is 4.73. The van der Waals surface area contributed by atoms with Gasteiger partial charge in [0.05, 0.1) is 11.3 Å². The summed E-state index contributed by atoms with van der Waals surface area (Å²) in [5, 5.41) is 4.96. The predicted octanol–water partition coefficient (Wildman–Crippen LogP) is 4.68. The average molecular weight is 431 g/mol. The third kappa shape index (κ3) is 4.77. The first-order chi connectivity index (χ1) is 12.5. The molecule has 1 heterocycles. The molecule has 0 aliphatic heterocycles. The molecule has 5 nitrogen and oxygen atoms in total. The molecule has 0 atom stereocenters. The zero-order valence-corrected chi connectivity index (χ0v) is 16.3. The van der Waals surface area contributed by atoms with E-state index in [0.29, 0.717) is 10.7 Å². The van der Waals surface area contributed by atoms with Gasteiger partial charge in [0.25, 0.3) is 5.91 Å². The number of esters is 1. The third-order valence-corrected chi connectivity index (χ3v) is 4.71. The van der Waals surface area contributed by atoms with Crippen molar-refractivity contribution in [2.45, 2.75) is 6.92 Å². The molecule has 3 rings (SSSR count). The number of ether oxygens (including phenoxy) is 1. The van der Waals surface area contributed by atoms with E-state index in [-0.39, 0.29) is 6.61 Å². The van der Waals surface area contributed by atoms with E-state index in [1.54, 1.807) is 18.2 Å². The smallest absolute Gasteiger partial charge is 0.338 e. The van der Waals surface area contributed by atoms with Gasteiger partial charge in [-0.2, -0.15) is 0 Å². The van der Waals surface area contributed by atoms with Crippen LogP contribution in [0, 0.1) is 6.92 Å². The summed E-state index contributed by atoms with van der Waals surface area (Å²) in [7, 11) is 0. The molecule has 0 fully saturated rings. The Balaban J connectivity index is 1.56. The standard InChI is InChI=1S/C19H15BrN2O3S/c1-12-4-2-6-14(8-12)18(24)25-10-17(23)22-19-21-16(11-26-19)13-5-3-7-15(20)9-13/h2-9,11H,10H2,1H3,(H,21,22,23). The van der Waals surface area contributed by atoms with Crippen LogP contribution in [0.1, 0.15) is 15.9 Å². The number of carbonyl (C=O) groups excluding carboxylic acids is 2. The molecule has 0 saturated heterocycles. The van der Waals surface area contributed by atoms with E-state index in [4.69, 9.17) is 4.74 Å². The van der Waals surface area contributed by atoms with Gasteiger partial charge in [-0.1, -0.05) is 45.8 Å². The van der Waals surface area contributed by atoms with Crippen LogP contribution >= 0.6 is 27.3 Å². The topological polar surface area (TPSA) is 68.3 Å². The number of carbonyl (C=O) groups is 2. The molecule has 0 aliphatic rings. The Morgan fingerprint density at radius 3 is 2.77 bits per heavy atom. The quantitative estimate of drug-likeness (QED) is 0.596. The third-order valence-electron chi connectivity index (χ3n) is 3.46. The van der Waals surface area contributed by atoms with Crippen LogP contribution in [0.3, 0.4) is 0 Å². The van der Waals surface area contributed by atoms with Gasteiger partial charge in [0.1, 0.15) is 0 Å². The van der Waals surface area contributed by atoms with Gasteiger partial charge in [0.2, 0.25) is 0 Å². The number of anilines is 1. The van der Waals surface area contributed by atoms with Crippen LogP contribution in [0.25, 0.3) is 11.3 Å². The van der Waals surface area contributed by atoms with E-state index in [0.717, 1.165) is 21.3 Å². The number of halogens is 1. The maximum Gasteiger partial charge on any atom is 0.338 e. The van der Waals surface area contributed by atoms with Crippen molar-refractivity contribution in [3.8, 4) is 11.3 Å². The number of aromatic nitrogens is 1. The molecule has 0 radical (unpaired) electrons. The lowest BCUT2D eigenvalue weighted by Crippen LogP contribution is -2.20. The second-order valence-electron chi connectivity index (χ2n) is 5.54. The number of thiazole rings is 1. The molecule has 0 saturated carbocycles. The monoisotopic (exact) mass is 430 g/mol. The molecule has 0 bridgehead atoms. The molecule has 1 amide bonds. The van der Waals surface area contributed by atoms with Crippen molar-refractivity contribution < 1.29 is 14.3 Å². The van der Waals surface area contributed by atoms with Gasteiger partial charge >= 0.3 is 5.97 Å². The molecular formula is C19H15BrN2O3S.